The number of amides is 1. The maximum atomic E-state index is 12.5. The molecule has 1 aromatic heterocycles. The Morgan fingerprint density at radius 2 is 1.74 bits per heavy atom. The van der Waals surface area contributed by atoms with Crippen LogP contribution < -0.4 is 5.32 Å². The van der Waals surface area contributed by atoms with E-state index in [2.05, 4.69) is 42.5 Å². The largest absolute Gasteiger partial charge is 0.350 e. The lowest BCUT2D eigenvalue weighted by Crippen LogP contribution is -2.32. The van der Waals surface area contributed by atoms with Gasteiger partial charge in [-0.3, -0.25) is 9.48 Å². The van der Waals surface area contributed by atoms with Crippen molar-refractivity contribution in [1.82, 2.24) is 15.1 Å². The predicted molar refractivity (Wildman–Crippen MR) is 109 cm³/mol. The van der Waals surface area contributed by atoms with Crippen LogP contribution in [0.15, 0.2) is 60.7 Å². The van der Waals surface area contributed by atoms with E-state index < -0.39 is 0 Å². The molecule has 1 N–H and O–H groups in total. The van der Waals surface area contributed by atoms with Gasteiger partial charge in [-0.15, -0.1) is 0 Å². The van der Waals surface area contributed by atoms with E-state index in [0.29, 0.717) is 5.56 Å². The van der Waals surface area contributed by atoms with Gasteiger partial charge in [-0.25, -0.2) is 0 Å². The first-order valence-corrected chi connectivity index (χ1v) is 9.46. The van der Waals surface area contributed by atoms with Crippen LogP contribution in [0.1, 0.15) is 46.2 Å². The minimum atomic E-state index is -0.0202. The number of benzene rings is 2. The fourth-order valence-electron chi connectivity index (χ4n) is 3.18. The van der Waals surface area contributed by atoms with Crippen molar-refractivity contribution >= 4 is 5.91 Å². The van der Waals surface area contributed by atoms with Gasteiger partial charge in [0.1, 0.15) is 0 Å². The van der Waals surface area contributed by atoms with Crippen molar-refractivity contribution in [3.05, 3.63) is 88.7 Å². The average Bonchev–Trinajstić information content (AvgIpc) is 2.98. The predicted octanol–water partition coefficient (Wildman–Crippen LogP) is 4.30. The van der Waals surface area contributed by atoms with Gasteiger partial charge >= 0.3 is 0 Å². The van der Waals surface area contributed by atoms with E-state index in [1.54, 1.807) is 0 Å². The molecule has 27 heavy (non-hydrogen) atoms. The number of aromatic nitrogens is 2. The highest BCUT2D eigenvalue weighted by Gasteiger charge is 2.10. The second kappa shape index (κ2) is 8.67. The maximum absolute atomic E-state index is 12.5. The second-order valence-corrected chi connectivity index (χ2v) is 7.18. The molecule has 1 atom stereocenters. The number of hydrogen-bond donors (Lipinski definition) is 1. The quantitative estimate of drug-likeness (QED) is 0.682. The van der Waals surface area contributed by atoms with Crippen LogP contribution in [0.2, 0.25) is 0 Å². The number of nitrogens with zero attached hydrogens (tertiary/aromatic N) is 2. The van der Waals surface area contributed by atoms with Crippen molar-refractivity contribution in [3.63, 3.8) is 0 Å². The highest BCUT2D eigenvalue weighted by molar-refractivity contribution is 5.94. The lowest BCUT2D eigenvalue weighted by molar-refractivity contribution is 0.0938. The lowest BCUT2D eigenvalue weighted by Gasteiger charge is -2.14. The van der Waals surface area contributed by atoms with Crippen molar-refractivity contribution in [2.45, 2.75) is 46.2 Å². The minimum Gasteiger partial charge on any atom is -0.350 e. The number of rotatable bonds is 7. The van der Waals surface area contributed by atoms with Gasteiger partial charge in [0.05, 0.1) is 12.2 Å². The summed E-state index contributed by atoms with van der Waals surface area (Å²) in [5.41, 5.74) is 5.29. The molecular weight excluding hydrogens is 334 g/mol. The van der Waals surface area contributed by atoms with Crippen LogP contribution in [0.4, 0.5) is 0 Å². The number of carbonyl (C=O) groups excluding carboxylic acids is 1. The summed E-state index contributed by atoms with van der Waals surface area (Å²) in [5.74, 6) is -0.0202. The third-order valence-corrected chi connectivity index (χ3v) is 4.74. The van der Waals surface area contributed by atoms with E-state index in [0.717, 1.165) is 36.3 Å². The summed E-state index contributed by atoms with van der Waals surface area (Å²) in [6.07, 6.45) is 1.88. The zero-order chi connectivity index (χ0) is 19.2. The third kappa shape index (κ3) is 5.30. The molecule has 0 saturated carbocycles. The summed E-state index contributed by atoms with van der Waals surface area (Å²) in [5, 5.41) is 7.58. The molecule has 0 saturated heterocycles. The number of carbonyl (C=O) groups is 1. The molecule has 0 aliphatic carbocycles. The number of aryl methyl sites for hydroxylation is 3. The Hall–Kier alpha value is -2.88. The van der Waals surface area contributed by atoms with E-state index in [9.17, 15) is 4.79 Å². The molecule has 2 aromatic carbocycles. The van der Waals surface area contributed by atoms with Crippen molar-refractivity contribution in [1.29, 1.82) is 0 Å². The van der Waals surface area contributed by atoms with E-state index >= 15 is 0 Å². The van der Waals surface area contributed by atoms with Crippen LogP contribution in [-0.4, -0.2) is 21.7 Å². The number of hydrogen-bond acceptors (Lipinski definition) is 2. The molecule has 0 aliphatic heterocycles. The van der Waals surface area contributed by atoms with Crippen LogP contribution in [-0.2, 0) is 13.0 Å². The smallest absolute Gasteiger partial charge is 0.251 e. The van der Waals surface area contributed by atoms with E-state index in [1.807, 2.05) is 54.1 Å². The molecule has 0 fully saturated rings. The molecule has 4 heteroatoms. The van der Waals surface area contributed by atoms with Crippen molar-refractivity contribution in [2.75, 3.05) is 0 Å². The zero-order valence-corrected chi connectivity index (χ0v) is 16.3. The second-order valence-electron chi connectivity index (χ2n) is 7.18. The summed E-state index contributed by atoms with van der Waals surface area (Å²) < 4.78 is 1.98. The number of nitrogens with one attached hydrogen (secondary N) is 1. The van der Waals surface area contributed by atoms with Crippen molar-refractivity contribution in [2.24, 2.45) is 0 Å². The first-order chi connectivity index (χ1) is 13.0. The minimum absolute atomic E-state index is 0.0202. The standard InChI is InChI=1S/C23H27N3O/c1-17(9-10-20-7-5-4-6-8-20)24-23(27)22-13-11-21(12-14-22)16-26-19(3)15-18(2)25-26/h4-8,11-15,17H,9-10,16H2,1-3H3,(H,24,27)/t17-/m0/s1. The summed E-state index contributed by atoms with van der Waals surface area (Å²) in [6.45, 7) is 6.82. The van der Waals surface area contributed by atoms with Crippen LogP contribution in [0.25, 0.3) is 0 Å². The summed E-state index contributed by atoms with van der Waals surface area (Å²) in [7, 11) is 0. The zero-order valence-electron chi connectivity index (χ0n) is 16.3. The molecule has 0 aliphatic rings. The first kappa shape index (κ1) is 18.9. The topological polar surface area (TPSA) is 46.9 Å². The summed E-state index contributed by atoms with van der Waals surface area (Å²) in [4.78, 5) is 12.5. The van der Waals surface area contributed by atoms with E-state index in [1.165, 1.54) is 5.56 Å². The molecule has 4 nitrogen and oxygen atoms in total. The van der Waals surface area contributed by atoms with Gasteiger partial charge < -0.3 is 5.32 Å². The Balaban J connectivity index is 1.53. The fourth-order valence-corrected chi connectivity index (χ4v) is 3.18. The maximum Gasteiger partial charge on any atom is 0.251 e. The van der Waals surface area contributed by atoms with Gasteiger partial charge in [-0.05, 0) is 62.9 Å². The Bertz CT molecular complexity index is 882. The van der Waals surface area contributed by atoms with Crippen LogP contribution in [0.3, 0.4) is 0 Å². The van der Waals surface area contributed by atoms with Gasteiger partial charge in [0.25, 0.3) is 5.91 Å². The molecule has 0 spiro atoms. The Labute approximate surface area is 161 Å². The van der Waals surface area contributed by atoms with Gasteiger partial charge in [0.2, 0.25) is 0 Å². The lowest BCUT2D eigenvalue weighted by atomic mass is 10.1. The van der Waals surface area contributed by atoms with Crippen molar-refractivity contribution < 1.29 is 4.79 Å². The molecule has 1 amide bonds. The molecule has 0 unspecified atom stereocenters. The van der Waals surface area contributed by atoms with Gasteiger partial charge in [-0.1, -0.05) is 42.5 Å². The Kier molecular flexibility index (Phi) is 6.07. The van der Waals surface area contributed by atoms with Crippen LogP contribution in [0.5, 0.6) is 0 Å². The average molecular weight is 361 g/mol. The van der Waals surface area contributed by atoms with Gasteiger partial charge in [0.15, 0.2) is 0 Å². The highest BCUT2D eigenvalue weighted by Crippen LogP contribution is 2.10. The third-order valence-electron chi connectivity index (χ3n) is 4.74. The molecular formula is C23H27N3O. The molecule has 1 heterocycles. The molecule has 0 bridgehead atoms. The van der Waals surface area contributed by atoms with Crippen LogP contribution >= 0.6 is 0 Å². The van der Waals surface area contributed by atoms with E-state index in [-0.39, 0.29) is 11.9 Å². The fraction of sp³-hybridized carbons (Fsp3) is 0.304. The van der Waals surface area contributed by atoms with E-state index in [4.69, 9.17) is 0 Å². The normalized spacial score (nSPS) is 12.0. The van der Waals surface area contributed by atoms with Crippen molar-refractivity contribution in [3.8, 4) is 0 Å². The van der Waals surface area contributed by atoms with Gasteiger partial charge in [0, 0.05) is 17.3 Å². The molecule has 0 radical (unpaired) electrons. The molecule has 3 aromatic rings. The summed E-state index contributed by atoms with van der Waals surface area (Å²) in [6, 6.07) is 20.3. The van der Waals surface area contributed by atoms with Gasteiger partial charge in [-0.2, -0.15) is 5.10 Å². The molecule has 3 rings (SSSR count). The highest BCUT2D eigenvalue weighted by atomic mass is 16.1. The Morgan fingerprint density at radius 3 is 2.37 bits per heavy atom. The SMILES string of the molecule is Cc1cc(C)n(Cc2ccc(C(=O)N[C@@H](C)CCc3ccccc3)cc2)n1. The Morgan fingerprint density at radius 1 is 1.04 bits per heavy atom. The summed E-state index contributed by atoms with van der Waals surface area (Å²) >= 11 is 0. The monoisotopic (exact) mass is 361 g/mol. The molecule has 140 valence electrons. The first-order valence-electron chi connectivity index (χ1n) is 9.46. The van der Waals surface area contributed by atoms with Crippen LogP contribution in [0, 0.1) is 13.8 Å².